The highest BCUT2D eigenvalue weighted by atomic mass is 32.2. The fraction of sp³-hybridized carbons (Fsp3) is 0.250. The van der Waals surface area contributed by atoms with E-state index >= 15 is 0 Å². The van der Waals surface area contributed by atoms with Gasteiger partial charge < -0.3 is 4.74 Å². The molecule has 9 heteroatoms. The molecular formula is C12H14N4O4S. The topological polar surface area (TPSA) is 114 Å². The van der Waals surface area contributed by atoms with Crippen molar-refractivity contribution >= 4 is 21.7 Å². The van der Waals surface area contributed by atoms with Crippen molar-refractivity contribution < 1.29 is 17.9 Å². The van der Waals surface area contributed by atoms with Gasteiger partial charge in [0.25, 0.3) is 5.91 Å². The van der Waals surface area contributed by atoms with Crippen LogP contribution < -0.4 is 10.1 Å². The van der Waals surface area contributed by atoms with Gasteiger partial charge in [0.15, 0.2) is 9.84 Å². The number of carbonyl (C=O) groups is 1. The molecule has 0 saturated heterocycles. The number of sulfone groups is 1. The molecule has 8 nitrogen and oxygen atoms in total. The van der Waals surface area contributed by atoms with E-state index in [2.05, 4.69) is 20.5 Å². The van der Waals surface area contributed by atoms with Gasteiger partial charge in [0.1, 0.15) is 0 Å². The van der Waals surface area contributed by atoms with Crippen LogP contribution >= 0.6 is 0 Å². The Kier molecular flexibility index (Phi) is 4.22. The van der Waals surface area contributed by atoms with Crippen LogP contribution in [0.5, 0.6) is 6.01 Å². The molecule has 1 amide bonds. The van der Waals surface area contributed by atoms with E-state index in [0.717, 1.165) is 6.26 Å². The molecule has 0 bridgehead atoms. The molecule has 1 aromatic carbocycles. The van der Waals surface area contributed by atoms with Crippen LogP contribution in [0.4, 0.5) is 5.95 Å². The summed E-state index contributed by atoms with van der Waals surface area (Å²) in [6.45, 7) is 0. The number of rotatable bonds is 5. The number of methoxy groups -OCH3 is 1. The minimum absolute atomic E-state index is 0.0613. The first-order valence-corrected chi connectivity index (χ1v) is 7.98. The summed E-state index contributed by atoms with van der Waals surface area (Å²) < 4.78 is 27.1. The Morgan fingerprint density at radius 3 is 2.52 bits per heavy atom. The van der Waals surface area contributed by atoms with Crippen molar-refractivity contribution in [3.05, 3.63) is 35.4 Å². The standard InChI is InChI=1S/C12H14N4O4S/c1-20-12-14-11(15-16-12)13-10(17)9-5-3-8(4-6-9)7-21(2,18)19/h3-6H,7H2,1-2H3,(H2,13,14,15,16,17). The quantitative estimate of drug-likeness (QED) is 0.836. The zero-order valence-electron chi connectivity index (χ0n) is 11.5. The van der Waals surface area contributed by atoms with Crippen molar-refractivity contribution in [1.82, 2.24) is 15.2 Å². The monoisotopic (exact) mass is 310 g/mol. The summed E-state index contributed by atoms with van der Waals surface area (Å²) in [7, 11) is -1.68. The van der Waals surface area contributed by atoms with E-state index < -0.39 is 9.84 Å². The van der Waals surface area contributed by atoms with E-state index in [9.17, 15) is 13.2 Å². The molecule has 0 aliphatic heterocycles. The van der Waals surface area contributed by atoms with Crippen LogP contribution in [0.2, 0.25) is 0 Å². The highest BCUT2D eigenvalue weighted by Crippen LogP contribution is 2.10. The summed E-state index contributed by atoms with van der Waals surface area (Å²) >= 11 is 0. The molecule has 0 aliphatic carbocycles. The number of nitrogens with one attached hydrogen (secondary N) is 2. The van der Waals surface area contributed by atoms with Gasteiger partial charge in [-0.25, -0.2) is 13.5 Å². The number of H-pyrrole nitrogens is 1. The molecule has 112 valence electrons. The minimum atomic E-state index is -3.10. The van der Waals surface area contributed by atoms with Crippen LogP contribution in [0.25, 0.3) is 0 Å². The Labute approximate surface area is 121 Å². The third-order valence-corrected chi connectivity index (χ3v) is 3.38. The summed E-state index contributed by atoms with van der Waals surface area (Å²) in [6, 6.07) is 6.40. The van der Waals surface area contributed by atoms with Crippen molar-refractivity contribution in [3.8, 4) is 6.01 Å². The molecular weight excluding hydrogens is 296 g/mol. The molecule has 1 aromatic heterocycles. The van der Waals surface area contributed by atoms with Gasteiger partial charge in [-0.1, -0.05) is 12.1 Å². The van der Waals surface area contributed by atoms with Crippen molar-refractivity contribution in [3.63, 3.8) is 0 Å². The third kappa shape index (κ3) is 4.28. The predicted octanol–water partition coefficient (Wildman–Crippen LogP) is 0.610. The fourth-order valence-corrected chi connectivity index (χ4v) is 2.43. The maximum absolute atomic E-state index is 12.0. The van der Waals surface area contributed by atoms with Gasteiger partial charge in [0, 0.05) is 11.8 Å². The van der Waals surface area contributed by atoms with Gasteiger partial charge in [-0.3, -0.25) is 10.1 Å². The summed E-state index contributed by atoms with van der Waals surface area (Å²) in [6.07, 6.45) is 1.16. The molecule has 0 radical (unpaired) electrons. The summed E-state index contributed by atoms with van der Waals surface area (Å²) in [5, 5.41) is 8.71. The van der Waals surface area contributed by atoms with Gasteiger partial charge in [-0.15, -0.1) is 5.10 Å². The van der Waals surface area contributed by atoms with Crippen LogP contribution in [0, 0.1) is 0 Å². The second kappa shape index (κ2) is 5.92. The van der Waals surface area contributed by atoms with Gasteiger partial charge in [0.05, 0.1) is 12.9 Å². The second-order valence-corrected chi connectivity index (χ2v) is 6.53. The van der Waals surface area contributed by atoms with E-state index in [1.165, 1.54) is 7.11 Å². The summed E-state index contributed by atoms with van der Waals surface area (Å²) in [5.74, 6) is -0.287. The van der Waals surface area contributed by atoms with Crippen LogP contribution in [0.3, 0.4) is 0 Å². The van der Waals surface area contributed by atoms with Crippen LogP contribution in [-0.4, -0.2) is 42.9 Å². The lowest BCUT2D eigenvalue weighted by atomic mass is 10.1. The Hall–Kier alpha value is -2.42. The van der Waals surface area contributed by atoms with Gasteiger partial charge >= 0.3 is 6.01 Å². The fourth-order valence-electron chi connectivity index (χ4n) is 1.63. The Balaban J connectivity index is 2.06. The van der Waals surface area contributed by atoms with E-state index in [1.807, 2.05) is 0 Å². The molecule has 0 aliphatic rings. The van der Waals surface area contributed by atoms with Crippen molar-refractivity contribution in [1.29, 1.82) is 0 Å². The first-order valence-electron chi connectivity index (χ1n) is 5.92. The van der Waals surface area contributed by atoms with Gasteiger partial charge in [-0.2, -0.15) is 4.98 Å². The van der Waals surface area contributed by atoms with Crippen LogP contribution in [0.15, 0.2) is 24.3 Å². The molecule has 2 aromatic rings. The zero-order chi connectivity index (χ0) is 15.5. The first kappa shape index (κ1) is 15.0. The molecule has 0 unspecified atom stereocenters. The lowest BCUT2D eigenvalue weighted by Gasteiger charge is -2.03. The number of nitrogens with zero attached hydrogens (tertiary/aromatic N) is 2. The highest BCUT2D eigenvalue weighted by Gasteiger charge is 2.10. The molecule has 0 atom stereocenters. The normalized spacial score (nSPS) is 11.1. The van der Waals surface area contributed by atoms with Crippen LogP contribution in [0.1, 0.15) is 15.9 Å². The first-order chi connectivity index (χ1) is 9.87. The summed E-state index contributed by atoms with van der Waals surface area (Å²) in [5.41, 5.74) is 0.998. The van der Waals surface area contributed by atoms with E-state index in [0.29, 0.717) is 11.1 Å². The minimum Gasteiger partial charge on any atom is -0.466 e. The van der Waals surface area contributed by atoms with E-state index in [1.54, 1.807) is 24.3 Å². The van der Waals surface area contributed by atoms with E-state index in [4.69, 9.17) is 4.74 Å². The Morgan fingerprint density at radius 1 is 1.33 bits per heavy atom. The van der Waals surface area contributed by atoms with E-state index in [-0.39, 0.29) is 23.6 Å². The third-order valence-electron chi connectivity index (χ3n) is 2.52. The predicted molar refractivity (Wildman–Crippen MR) is 75.9 cm³/mol. The molecule has 1 heterocycles. The maximum atomic E-state index is 12.0. The molecule has 0 fully saturated rings. The van der Waals surface area contributed by atoms with Crippen molar-refractivity contribution in [2.75, 3.05) is 18.7 Å². The Bertz CT molecular complexity index is 737. The molecule has 21 heavy (non-hydrogen) atoms. The zero-order valence-corrected chi connectivity index (χ0v) is 12.3. The number of amides is 1. The average Bonchev–Trinajstić information content (AvgIpc) is 2.85. The number of anilines is 1. The lowest BCUT2D eigenvalue weighted by molar-refractivity contribution is 0.102. The lowest BCUT2D eigenvalue weighted by Crippen LogP contribution is -2.13. The van der Waals surface area contributed by atoms with Gasteiger partial charge in [0.2, 0.25) is 5.95 Å². The SMILES string of the molecule is COc1n[nH]c(NC(=O)c2ccc(CS(C)(=O)=O)cc2)n1. The average molecular weight is 310 g/mol. The maximum Gasteiger partial charge on any atom is 0.336 e. The number of ether oxygens (including phenoxy) is 1. The number of aromatic nitrogens is 3. The number of aromatic amines is 1. The second-order valence-electron chi connectivity index (χ2n) is 4.39. The Morgan fingerprint density at radius 2 is 2.00 bits per heavy atom. The molecule has 0 saturated carbocycles. The van der Waals surface area contributed by atoms with Crippen LogP contribution in [-0.2, 0) is 15.6 Å². The number of hydrogen-bond acceptors (Lipinski definition) is 6. The smallest absolute Gasteiger partial charge is 0.336 e. The molecule has 2 N–H and O–H groups in total. The summed E-state index contributed by atoms with van der Waals surface area (Å²) in [4.78, 5) is 15.8. The number of benzene rings is 1. The molecule has 0 spiro atoms. The number of hydrogen-bond donors (Lipinski definition) is 2. The van der Waals surface area contributed by atoms with Crippen molar-refractivity contribution in [2.45, 2.75) is 5.75 Å². The number of carbonyl (C=O) groups excluding carboxylic acids is 1. The highest BCUT2D eigenvalue weighted by molar-refractivity contribution is 7.89. The molecule has 2 rings (SSSR count). The van der Waals surface area contributed by atoms with Gasteiger partial charge in [-0.05, 0) is 17.7 Å². The largest absolute Gasteiger partial charge is 0.466 e. The van der Waals surface area contributed by atoms with Crippen molar-refractivity contribution in [2.24, 2.45) is 0 Å².